The van der Waals surface area contributed by atoms with Crippen LogP contribution in [0.2, 0.25) is 0 Å². The van der Waals surface area contributed by atoms with Crippen molar-refractivity contribution >= 4 is 51.9 Å². The number of aliphatic imine (C=N–C) groups is 1. The van der Waals surface area contributed by atoms with Gasteiger partial charge in [-0.25, -0.2) is 9.98 Å². The van der Waals surface area contributed by atoms with Crippen LogP contribution in [0.25, 0.3) is 10.9 Å². The molecule has 4 amide bonds. The van der Waals surface area contributed by atoms with Crippen molar-refractivity contribution in [3.8, 4) is 0 Å². The number of carbonyl (C=O) groups is 4. The number of hydrogen-bond donors (Lipinski definition) is 3. The van der Waals surface area contributed by atoms with E-state index < -0.39 is 11.8 Å². The molecule has 15 heteroatoms. The minimum Gasteiger partial charge on any atom is -0.382 e. The number of fused-ring (bicyclic) bond motifs is 1. The molecule has 15 nitrogen and oxygen atoms in total. The summed E-state index contributed by atoms with van der Waals surface area (Å²) in [6.07, 6.45) is 5.58. The first-order valence-electron chi connectivity index (χ1n) is 19.5. The van der Waals surface area contributed by atoms with Gasteiger partial charge < -0.3 is 40.2 Å². The van der Waals surface area contributed by atoms with E-state index in [0.717, 1.165) is 57.6 Å². The van der Waals surface area contributed by atoms with Gasteiger partial charge in [0.15, 0.2) is 0 Å². The molecule has 1 aromatic heterocycles. The van der Waals surface area contributed by atoms with Crippen LogP contribution in [0, 0.1) is 6.92 Å². The molecule has 308 valence electrons. The molecule has 1 aliphatic heterocycles. The fourth-order valence-electron chi connectivity index (χ4n) is 5.74. The molecule has 0 unspecified atom stereocenters. The number of aromatic nitrogens is 1. The molecular formula is C42H57N7O8. The van der Waals surface area contributed by atoms with Crippen molar-refractivity contribution in [3.05, 3.63) is 77.4 Å². The highest BCUT2D eigenvalue weighted by Crippen LogP contribution is 2.27. The number of hydrogen-bond acceptors (Lipinski definition) is 11. The van der Waals surface area contributed by atoms with Gasteiger partial charge >= 0.3 is 0 Å². The number of benzene rings is 2. The molecule has 57 heavy (non-hydrogen) atoms. The summed E-state index contributed by atoms with van der Waals surface area (Å²) < 4.78 is 21.9. The summed E-state index contributed by atoms with van der Waals surface area (Å²) >= 11 is 0. The number of rotatable bonds is 26. The first kappa shape index (κ1) is 44.5. The van der Waals surface area contributed by atoms with Crippen molar-refractivity contribution < 1.29 is 38.1 Å². The largest absolute Gasteiger partial charge is 0.382 e. The van der Waals surface area contributed by atoms with Gasteiger partial charge in [-0.1, -0.05) is 49.7 Å². The van der Waals surface area contributed by atoms with Gasteiger partial charge in [-0.2, -0.15) is 0 Å². The molecule has 0 saturated carbocycles. The van der Waals surface area contributed by atoms with Crippen molar-refractivity contribution in [2.45, 2.75) is 59.0 Å². The third kappa shape index (κ3) is 16.0. The van der Waals surface area contributed by atoms with Crippen LogP contribution in [0.4, 0.5) is 11.5 Å². The molecular weight excluding hydrogens is 731 g/mol. The van der Waals surface area contributed by atoms with Gasteiger partial charge in [-0.15, -0.1) is 0 Å². The molecule has 0 fully saturated rings. The predicted octanol–water partition coefficient (Wildman–Crippen LogP) is 3.98. The van der Waals surface area contributed by atoms with Gasteiger partial charge in [0.05, 0.1) is 58.4 Å². The second-order valence-electron chi connectivity index (χ2n) is 13.6. The molecule has 1 aliphatic rings. The number of unbranched alkanes of at least 4 members (excludes halogenated alkanes) is 1. The lowest BCUT2D eigenvalue weighted by molar-refractivity contribution is -0.137. The van der Waals surface area contributed by atoms with Crippen LogP contribution in [0.3, 0.4) is 0 Å². The Morgan fingerprint density at radius 2 is 1.40 bits per heavy atom. The van der Waals surface area contributed by atoms with Gasteiger partial charge in [-0.05, 0) is 42.2 Å². The Hall–Kier alpha value is -5.22. The average Bonchev–Trinajstić information content (AvgIpc) is 3.52. The second-order valence-corrected chi connectivity index (χ2v) is 13.6. The summed E-state index contributed by atoms with van der Waals surface area (Å²) in [5, 5.41) is 6.64. The predicted molar refractivity (Wildman–Crippen MR) is 219 cm³/mol. The number of carbonyl (C=O) groups excluding carboxylic acids is 4. The summed E-state index contributed by atoms with van der Waals surface area (Å²) in [7, 11) is 2.05. The normalized spacial score (nSPS) is 12.8. The Morgan fingerprint density at radius 3 is 2.07 bits per heavy atom. The van der Waals surface area contributed by atoms with Crippen molar-refractivity contribution in [1.82, 2.24) is 25.4 Å². The summed E-state index contributed by atoms with van der Waals surface area (Å²) in [6, 6.07) is 16.4. The van der Waals surface area contributed by atoms with Crippen LogP contribution in [-0.4, -0.2) is 117 Å². The Morgan fingerprint density at radius 1 is 0.789 bits per heavy atom. The maximum Gasteiger partial charge on any atom is 0.253 e. The minimum atomic E-state index is -0.403. The van der Waals surface area contributed by atoms with E-state index in [0.29, 0.717) is 84.0 Å². The highest BCUT2D eigenvalue weighted by molar-refractivity contribution is 6.13. The van der Waals surface area contributed by atoms with Crippen LogP contribution >= 0.6 is 0 Å². The molecule has 3 aromatic rings. The molecule has 2 aromatic carbocycles. The van der Waals surface area contributed by atoms with Crippen molar-refractivity contribution in [2.75, 3.05) is 78.7 Å². The zero-order chi connectivity index (χ0) is 40.8. The number of nitrogen functional groups attached to an aromatic ring is 1. The number of ether oxygens (including phenoxy) is 4. The van der Waals surface area contributed by atoms with Crippen LogP contribution < -0.4 is 16.4 Å². The Kier molecular flexibility index (Phi) is 19.1. The zero-order valence-corrected chi connectivity index (χ0v) is 33.4. The van der Waals surface area contributed by atoms with E-state index in [4.69, 9.17) is 29.7 Å². The average molecular weight is 788 g/mol. The molecule has 0 saturated heterocycles. The Bertz CT molecular complexity index is 1810. The van der Waals surface area contributed by atoms with Gasteiger partial charge in [-0.3, -0.25) is 24.1 Å². The number of amides is 4. The van der Waals surface area contributed by atoms with Gasteiger partial charge in [0.2, 0.25) is 11.8 Å². The van der Waals surface area contributed by atoms with E-state index in [1.807, 2.05) is 38.2 Å². The van der Waals surface area contributed by atoms with Gasteiger partial charge in [0, 0.05) is 70.0 Å². The topological polar surface area (TPSA) is 187 Å². The van der Waals surface area contributed by atoms with Crippen LogP contribution in [0.15, 0.2) is 65.7 Å². The number of imide groups is 1. The smallest absolute Gasteiger partial charge is 0.253 e. The number of anilines is 1. The second kappa shape index (κ2) is 24.4. The number of nitrogens with one attached hydrogen (secondary N) is 2. The molecule has 4 rings (SSSR count). The monoisotopic (exact) mass is 787 g/mol. The highest BCUT2D eigenvalue weighted by atomic mass is 16.6. The van der Waals surface area contributed by atoms with E-state index in [1.54, 1.807) is 0 Å². The van der Waals surface area contributed by atoms with E-state index in [-0.39, 0.29) is 31.2 Å². The fourth-order valence-corrected chi connectivity index (χ4v) is 5.74. The van der Waals surface area contributed by atoms with Crippen molar-refractivity contribution in [1.29, 1.82) is 0 Å². The molecule has 0 spiro atoms. The highest BCUT2D eigenvalue weighted by Gasteiger charge is 2.23. The first-order valence-corrected chi connectivity index (χ1v) is 19.5. The molecule has 2 heterocycles. The van der Waals surface area contributed by atoms with Gasteiger partial charge in [0.25, 0.3) is 11.8 Å². The lowest BCUT2D eigenvalue weighted by atomic mass is 10.1. The van der Waals surface area contributed by atoms with E-state index in [1.165, 1.54) is 12.2 Å². The number of nitrogens with zero attached hydrogens (tertiary/aromatic N) is 4. The summed E-state index contributed by atoms with van der Waals surface area (Å²) in [6.45, 7) is 8.61. The van der Waals surface area contributed by atoms with Crippen LogP contribution in [-0.2, 0) is 51.2 Å². The number of aryl methyl sites for hydroxylation is 1. The third-order valence-corrected chi connectivity index (χ3v) is 8.98. The van der Waals surface area contributed by atoms with Crippen LogP contribution in [0.5, 0.6) is 0 Å². The van der Waals surface area contributed by atoms with E-state index in [2.05, 4.69) is 51.7 Å². The van der Waals surface area contributed by atoms with Crippen molar-refractivity contribution in [2.24, 2.45) is 4.99 Å². The zero-order valence-electron chi connectivity index (χ0n) is 33.4. The number of nitrogens with two attached hydrogens (primary N) is 1. The van der Waals surface area contributed by atoms with Gasteiger partial charge in [0.1, 0.15) is 17.3 Å². The fraction of sp³-hybridized carbons (Fsp3) is 0.476. The SMILES string of the molecule is CCCCC(=Nc1cc2ccc(C)cc2nc1N)N(C)Cc1ccc(CNC(=O)CCOCCOCCOCCOCCNC(=O)CCN2C(=O)C=CC2=O)cc1. The van der Waals surface area contributed by atoms with E-state index >= 15 is 0 Å². The Labute approximate surface area is 335 Å². The standard InChI is InChI=1S/C42H57N7O8/c1-4-5-6-37(46-36-28-34-12-7-31(2)27-35(34)47-42(36)43)48(3)30-33-10-8-32(9-11-33)29-45-39(51)16-19-54-21-23-56-25-26-57-24-22-55-20-17-44-38(50)15-18-49-40(52)13-14-41(49)53/h7-14,27-28H,4-6,15-26,29-30H2,1-3H3,(H2,43,47)(H,44,50)(H,45,51). The third-order valence-electron chi connectivity index (χ3n) is 8.98. The number of pyridine rings is 1. The summed E-state index contributed by atoms with van der Waals surface area (Å²) in [5.41, 5.74) is 11.2. The lowest BCUT2D eigenvalue weighted by Crippen LogP contribution is -2.35. The minimum absolute atomic E-state index is 0.0421. The first-order chi connectivity index (χ1) is 27.6. The molecule has 0 aliphatic carbocycles. The number of amidine groups is 1. The van der Waals surface area contributed by atoms with Crippen LogP contribution in [0.1, 0.15) is 55.7 Å². The quantitative estimate of drug-likeness (QED) is 0.0463. The summed E-state index contributed by atoms with van der Waals surface area (Å²) in [4.78, 5) is 60.0. The molecule has 4 N–H and O–H groups in total. The molecule has 0 atom stereocenters. The van der Waals surface area contributed by atoms with E-state index in [9.17, 15) is 19.2 Å². The lowest BCUT2D eigenvalue weighted by Gasteiger charge is -2.22. The summed E-state index contributed by atoms with van der Waals surface area (Å²) in [5.74, 6) is 0.225. The maximum atomic E-state index is 12.4. The molecule has 0 bridgehead atoms. The molecule has 0 radical (unpaired) electrons. The Balaban J connectivity index is 0.998. The van der Waals surface area contributed by atoms with Crippen molar-refractivity contribution in [3.63, 3.8) is 0 Å². The maximum absolute atomic E-state index is 12.4.